The molecule has 0 amide bonds. The molecule has 2 aliphatic carbocycles. The average Bonchev–Trinajstić information content (AvgIpc) is 3.57. The van der Waals surface area contributed by atoms with Crippen LogP contribution in [0, 0.1) is 17.7 Å². The summed E-state index contributed by atoms with van der Waals surface area (Å²) in [5.74, 6) is -1.78. The molecule has 1 aliphatic heterocycles. The summed E-state index contributed by atoms with van der Waals surface area (Å²) in [6.45, 7) is 2.17. The van der Waals surface area contributed by atoms with E-state index in [0.29, 0.717) is 6.92 Å². The van der Waals surface area contributed by atoms with E-state index in [2.05, 4.69) is 14.7 Å². The van der Waals surface area contributed by atoms with Gasteiger partial charge in [-0.25, -0.2) is 40.3 Å². The number of halogens is 5. The maximum Gasteiger partial charge on any atom is 0.426 e. The van der Waals surface area contributed by atoms with Gasteiger partial charge in [0.05, 0.1) is 11.4 Å². The van der Waals surface area contributed by atoms with Gasteiger partial charge in [-0.15, -0.1) is 0 Å². The van der Waals surface area contributed by atoms with Crippen LogP contribution in [-0.2, 0) is 36.7 Å². The van der Waals surface area contributed by atoms with Gasteiger partial charge in [-0.3, -0.25) is 0 Å². The highest BCUT2D eigenvalue weighted by Gasteiger charge is 2.61. The van der Waals surface area contributed by atoms with Gasteiger partial charge in [0, 0.05) is 12.3 Å². The van der Waals surface area contributed by atoms with Gasteiger partial charge >= 0.3 is 6.18 Å². The van der Waals surface area contributed by atoms with Crippen LogP contribution in [0.4, 0.5) is 22.0 Å². The smallest absolute Gasteiger partial charge is 0.249 e. The number of benzene rings is 2. The summed E-state index contributed by atoms with van der Waals surface area (Å²) in [6.07, 6.45) is -3.17. The molecule has 2 aromatic carbocycles. The Hall–Kier alpha value is -2.71. The second-order valence-corrected chi connectivity index (χ2v) is 14.7. The van der Waals surface area contributed by atoms with Crippen LogP contribution >= 0.6 is 0 Å². The van der Waals surface area contributed by atoms with Crippen LogP contribution in [-0.4, -0.2) is 47.0 Å². The molecule has 5 atom stereocenters. The molecule has 41 heavy (non-hydrogen) atoms. The zero-order chi connectivity index (χ0) is 30.0. The van der Waals surface area contributed by atoms with Crippen molar-refractivity contribution in [1.29, 1.82) is 0 Å². The predicted molar refractivity (Wildman–Crippen MR) is 143 cm³/mol. The van der Waals surface area contributed by atoms with Crippen molar-refractivity contribution in [3.8, 4) is 0 Å². The summed E-state index contributed by atoms with van der Waals surface area (Å²) < 4.78 is 125. The summed E-state index contributed by atoms with van der Waals surface area (Å²) >= 11 is 0. The summed E-state index contributed by atoms with van der Waals surface area (Å²) in [4.78, 5) is 7.46. The second kappa shape index (κ2) is 9.94. The molecule has 14 heteroatoms. The van der Waals surface area contributed by atoms with Crippen molar-refractivity contribution in [1.82, 2.24) is 4.72 Å². The lowest BCUT2D eigenvalue weighted by Crippen LogP contribution is -2.49. The fraction of sp³-hybridized carbons (Fsp3) is 0.481. The highest BCUT2D eigenvalue weighted by Crippen LogP contribution is 2.60. The molecule has 5 rings (SSSR count). The SMILES string of the molecule is CC(NS(=O)(=O)C1=NCC=N1)[C@@H]1CC[C@@]2(S(=O)(=O)c3ccc(F)cc3)c3ccc(C(C)(F)C(F)(F)F)cc3CC[C@@H]12. The normalized spacial score (nSPS) is 26.7. The zero-order valence-electron chi connectivity index (χ0n) is 22.1. The van der Waals surface area contributed by atoms with E-state index >= 15 is 0 Å². The van der Waals surface area contributed by atoms with Crippen molar-refractivity contribution < 1.29 is 38.8 Å². The van der Waals surface area contributed by atoms with E-state index in [1.165, 1.54) is 12.3 Å². The minimum Gasteiger partial charge on any atom is -0.249 e. The standard InChI is InChI=1S/C27H28F5N3O4S2/c1-16(35-41(38,39)24-33-13-14-34-24)21-11-12-26(40(36,37)20-7-5-19(28)6-8-20)22-10-4-18(25(2,29)27(30,31)32)15-17(22)3-9-23(21)26/h4-8,10,13,15-16,21,23,35H,3,9,11-12,14H2,1-2H3/t16?,21-,23-,25?,26+/m0/s1. The number of alkyl halides is 4. The molecule has 7 nitrogen and oxygen atoms in total. The van der Waals surface area contributed by atoms with Crippen LogP contribution in [0.1, 0.15) is 49.8 Å². The van der Waals surface area contributed by atoms with Crippen LogP contribution in [0.2, 0.25) is 0 Å². The molecule has 0 spiro atoms. The molecular weight excluding hydrogens is 589 g/mol. The van der Waals surface area contributed by atoms with E-state index in [9.17, 15) is 38.8 Å². The van der Waals surface area contributed by atoms with Crippen molar-refractivity contribution >= 4 is 31.2 Å². The third-order valence-electron chi connectivity index (χ3n) is 8.66. The molecule has 2 unspecified atom stereocenters. The first-order valence-electron chi connectivity index (χ1n) is 13.0. The lowest BCUT2D eigenvalue weighted by molar-refractivity contribution is -0.228. The minimum absolute atomic E-state index is 0.0335. The number of fused-ring (bicyclic) bond motifs is 3. The van der Waals surface area contributed by atoms with Gasteiger partial charge in [0.1, 0.15) is 10.6 Å². The van der Waals surface area contributed by atoms with Gasteiger partial charge in [0.25, 0.3) is 15.2 Å². The van der Waals surface area contributed by atoms with E-state index < -0.39 is 65.7 Å². The van der Waals surface area contributed by atoms with Crippen molar-refractivity contribution in [3.05, 3.63) is 65.0 Å². The molecule has 1 fully saturated rings. The van der Waals surface area contributed by atoms with Gasteiger partial charge < -0.3 is 0 Å². The van der Waals surface area contributed by atoms with E-state index in [4.69, 9.17) is 0 Å². The minimum atomic E-state index is -5.19. The summed E-state index contributed by atoms with van der Waals surface area (Å²) in [7, 11) is -8.38. The monoisotopic (exact) mass is 617 g/mol. The largest absolute Gasteiger partial charge is 0.426 e. The number of nitrogens with zero attached hydrogens (tertiary/aromatic N) is 2. The van der Waals surface area contributed by atoms with Crippen LogP contribution in [0.5, 0.6) is 0 Å². The first-order valence-corrected chi connectivity index (χ1v) is 16.0. The number of amidine groups is 1. The quantitative estimate of drug-likeness (QED) is 0.365. The van der Waals surface area contributed by atoms with Gasteiger partial charge in [-0.1, -0.05) is 18.2 Å². The van der Waals surface area contributed by atoms with E-state index in [-0.39, 0.29) is 53.4 Å². The van der Waals surface area contributed by atoms with Crippen molar-refractivity contribution in [3.63, 3.8) is 0 Å². The van der Waals surface area contributed by atoms with Gasteiger partial charge in [0.2, 0.25) is 5.67 Å². The summed E-state index contributed by atoms with van der Waals surface area (Å²) in [5.41, 5.74) is -3.76. The number of hydrogen-bond acceptors (Lipinski definition) is 6. The Labute approximate surface area is 234 Å². The number of nitrogens with one attached hydrogen (secondary N) is 1. The van der Waals surface area contributed by atoms with Crippen molar-refractivity contribution in [2.45, 2.75) is 67.1 Å². The third-order valence-corrected chi connectivity index (χ3v) is 12.6. The first kappa shape index (κ1) is 29.8. The Morgan fingerprint density at radius 2 is 1.71 bits per heavy atom. The van der Waals surface area contributed by atoms with E-state index in [1.807, 2.05) is 0 Å². The van der Waals surface area contributed by atoms with Crippen LogP contribution in [0.25, 0.3) is 0 Å². The lowest BCUT2D eigenvalue weighted by atomic mass is 9.71. The first-order chi connectivity index (χ1) is 19.0. The summed E-state index contributed by atoms with van der Waals surface area (Å²) in [5, 5.41) is -0.368. The van der Waals surface area contributed by atoms with E-state index in [1.54, 1.807) is 6.92 Å². The number of aryl methyl sites for hydroxylation is 1. The Balaban J connectivity index is 1.62. The average molecular weight is 618 g/mol. The second-order valence-electron chi connectivity index (χ2n) is 10.9. The van der Waals surface area contributed by atoms with Gasteiger partial charge in [-0.2, -0.15) is 13.2 Å². The molecule has 1 heterocycles. The molecule has 1 saturated carbocycles. The fourth-order valence-electron chi connectivity index (χ4n) is 6.59. The fourth-order valence-corrected chi connectivity index (χ4v) is 10.3. The number of hydrogen-bond donors (Lipinski definition) is 1. The third kappa shape index (κ3) is 4.71. The molecule has 0 bridgehead atoms. The Bertz CT molecular complexity index is 1640. The van der Waals surface area contributed by atoms with Gasteiger partial charge in [0.15, 0.2) is 9.84 Å². The topological polar surface area (TPSA) is 105 Å². The zero-order valence-corrected chi connectivity index (χ0v) is 23.8. The van der Waals surface area contributed by atoms with Crippen LogP contribution in [0.3, 0.4) is 0 Å². The number of sulfone groups is 1. The summed E-state index contributed by atoms with van der Waals surface area (Å²) in [6, 6.07) is 6.84. The highest BCUT2D eigenvalue weighted by molar-refractivity contribution is 8.04. The maximum atomic E-state index is 14.9. The van der Waals surface area contributed by atoms with Gasteiger partial charge in [-0.05, 0) is 92.3 Å². The van der Waals surface area contributed by atoms with Crippen LogP contribution < -0.4 is 4.72 Å². The molecule has 0 radical (unpaired) electrons. The molecular formula is C27H28F5N3O4S2. The molecule has 0 saturated heterocycles. The Morgan fingerprint density at radius 3 is 2.32 bits per heavy atom. The molecule has 222 valence electrons. The van der Waals surface area contributed by atoms with Crippen molar-refractivity contribution in [2.24, 2.45) is 21.8 Å². The van der Waals surface area contributed by atoms with Crippen LogP contribution in [0.15, 0.2) is 57.3 Å². The predicted octanol–water partition coefficient (Wildman–Crippen LogP) is 4.96. The number of aliphatic imine (C=N–C) groups is 2. The lowest BCUT2D eigenvalue weighted by Gasteiger charge is -2.43. The molecule has 3 aliphatic rings. The Morgan fingerprint density at radius 1 is 1.02 bits per heavy atom. The number of sulfonamides is 1. The molecule has 0 aromatic heterocycles. The maximum absolute atomic E-state index is 14.9. The van der Waals surface area contributed by atoms with Crippen molar-refractivity contribution in [2.75, 3.05) is 6.54 Å². The molecule has 2 aromatic rings. The highest BCUT2D eigenvalue weighted by atomic mass is 32.2. The Kier molecular flexibility index (Phi) is 7.22. The number of rotatable bonds is 6. The van der Waals surface area contributed by atoms with E-state index in [0.717, 1.165) is 36.4 Å². The molecule has 1 N–H and O–H groups in total.